The molecule has 1 atom stereocenters. The molecule has 1 saturated heterocycles. The van der Waals surface area contributed by atoms with Crippen LogP contribution in [0.2, 0.25) is 5.02 Å². The van der Waals surface area contributed by atoms with E-state index in [1.54, 1.807) is 36.4 Å². The fourth-order valence-corrected chi connectivity index (χ4v) is 3.27. The third kappa shape index (κ3) is 5.58. The van der Waals surface area contributed by atoms with Gasteiger partial charge >= 0.3 is 0 Å². The number of rotatable bonds is 6. The molecule has 0 aliphatic carbocycles. The number of ether oxygens (including phenoxy) is 1. The van der Waals surface area contributed by atoms with E-state index in [1.165, 1.54) is 6.07 Å². The predicted octanol–water partition coefficient (Wildman–Crippen LogP) is 3.85. The van der Waals surface area contributed by atoms with Gasteiger partial charge in [-0.15, -0.1) is 0 Å². The molecule has 2 aromatic rings. The molecule has 1 aliphatic heterocycles. The lowest BCUT2D eigenvalue weighted by atomic mass is 10.1. The highest BCUT2D eigenvalue weighted by molar-refractivity contribution is 6.31. The zero-order valence-electron chi connectivity index (χ0n) is 16.8. The molecular formula is C22H24ClN3O4. The maximum absolute atomic E-state index is 12.8. The normalized spacial score (nSPS) is 15.7. The van der Waals surface area contributed by atoms with Crippen LogP contribution in [0.3, 0.4) is 0 Å². The molecule has 1 fully saturated rings. The number of anilines is 2. The Hall–Kier alpha value is -2.90. The van der Waals surface area contributed by atoms with Gasteiger partial charge in [0, 0.05) is 28.9 Å². The minimum Gasteiger partial charge on any atom is -0.368 e. The van der Waals surface area contributed by atoms with Crippen molar-refractivity contribution in [2.24, 2.45) is 0 Å². The van der Waals surface area contributed by atoms with Gasteiger partial charge in [-0.2, -0.15) is 0 Å². The molecule has 0 saturated carbocycles. The summed E-state index contributed by atoms with van der Waals surface area (Å²) in [6.45, 7) is 4.28. The highest BCUT2D eigenvalue weighted by Crippen LogP contribution is 2.23. The Balaban J connectivity index is 1.75. The van der Waals surface area contributed by atoms with Gasteiger partial charge in [0.15, 0.2) is 0 Å². The minimum atomic E-state index is -0.462. The van der Waals surface area contributed by atoms with Crippen molar-refractivity contribution in [2.45, 2.75) is 38.8 Å². The fourth-order valence-electron chi connectivity index (χ4n) is 3.10. The smallest absolute Gasteiger partial charge is 0.255 e. The number of hydrogen-bond donors (Lipinski definition) is 3. The van der Waals surface area contributed by atoms with Crippen molar-refractivity contribution in [1.29, 1.82) is 0 Å². The largest absolute Gasteiger partial charge is 0.368 e. The van der Waals surface area contributed by atoms with Crippen molar-refractivity contribution in [3.8, 4) is 0 Å². The molecule has 3 amide bonds. The van der Waals surface area contributed by atoms with Crippen LogP contribution < -0.4 is 16.0 Å². The monoisotopic (exact) mass is 429 g/mol. The van der Waals surface area contributed by atoms with Crippen molar-refractivity contribution in [2.75, 3.05) is 17.2 Å². The zero-order valence-corrected chi connectivity index (χ0v) is 17.6. The van der Waals surface area contributed by atoms with Crippen molar-refractivity contribution in [3.05, 3.63) is 58.6 Å². The number of carbonyl (C=O) groups excluding carboxylic acids is 3. The van der Waals surface area contributed by atoms with Crippen molar-refractivity contribution in [3.63, 3.8) is 0 Å². The third-order valence-electron chi connectivity index (χ3n) is 4.51. The summed E-state index contributed by atoms with van der Waals surface area (Å²) in [5.41, 5.74) is 1.44. The molecule has 0 spiro atoms. The Morgan fingerprint density at radius 1 is 1.07 bits per heavy atom. The highest BCUT2D eigenvalue weighted by Gasteiger charge is 2.23. The Labute approximate surface area is 180 Å². The summed E-state index contributed by atoms with van der Waals surface area (Å²) >= 11 is 6.06. The number of benzene rings is 2. The zero-order chi connectivity index (χ0) is 21.7. The van der Waals surface area contributed by atoms with E-state index in [2.05, 4.69) is 16.0 Å². The molecule has 2 aromatic carbocycles. The lowest BCUT2D eigenvalue weighted by Gasteiger charge is -2.14. The SMILES string of the molecule is CC(C)NC(=O)c1ccc(Cl)cc1NC(=O)c1cccc(NC(=O)C2CCCO2)c1. The molecule has 0 bridgehead atoms. The Bertz CT molecular complexity index is 955. The van der Waals surface area contributed by atoms with Gasteiger partial charge in [0.2, 0.25) is 0 Å². The van der Waals surface area contributed by atoms with Crippen LogP contribution in [0.15, 0.2) is 42.5 Å². The first kappa shape index (κ1) is 21.8. The van der Waals surface area contributed by atoms with Crippen LogP contribution in [0, 0.1) is 0 Å². The van der Waals surface area contributed by atoms with Gasteiger partial charge in [-0.3, -0.25) is 14.4 Å². The Kier molecular flexibility index (Phi) is 7.07. The lowest BCUT2D eigenvalue weighted by Crippen LogP contribution is -2.31. The van der Waals surface area contributed by atoms with Crippen LogP contribution in [0.25, 0.3) is 0 Å². The van der Waals surface area contributed by atoms with Crippen LogP contribution in [0.5, 0.6) is 0 Å². The summed E-state index contributed by atoms with van der Waals surface area (Å²) in [4.78, 5) is 37.5. The molecule has 3 N–H and O–H groups in total. The van der Waals surface area contributed by atoms with E-state index in [9.17, 15) is 14.4 Å². The van der Waals surface area contributed by atoms with Gasteiger partial charge < -0.3 is 20.7 Å². The summed E-state index contributed by atoms with van der Waals surface area (Å²) in [6, 6.07) is 11.2. The number of nitrogens with one attached hydrogen (secondary N) is 3. The first-order valence-corrected chi connectivity index (χ1v) is 10.2. The second-order valence-electron chi connectivity index (χ2n) is 7.34. The van der Waals surface area contributed by atoms with Crippen LogP contribution in [0.4, 0.5) is 11.4 Å². The summed E-state index contributed by atoms with van der Waals surface area (Å²) in [5, 5.41) is 8.70. The number of halogens is 1. The van der Waals surface area contributed by atoms with Gasteiger partial charge in [-0.05, 0) is 63.1 Å². The van der Waals surface area contributed by atoms with E-state index in [4.69, 9.17) is 16.3 Å². The maximum atomic E-state index is 12.8. The standard InChI is InChI=1S/C22H24ClN3O4/c1-13(2)24-21(28)17-9-8-15(23)12-18(17)26-20(27)14-5-3-6-16(11-14)25-22(29)19-7-4-10-30-19/h3,5-6,8-9,11-13,19H,4,7,10H2,1-2H3,(H,24,28)(H,25,29)(H,26,27). The second kappa shape index (κ2) is 9.73. The maximum Gasteiger partial charge on any atom is 0.255 e. The highest BCUT2D eigenvalue weighted by atomic mass is 35.5. The van der Waals surface area contributed by atoms with Crippen LogP contribution in [-0.4, -0.2) is 36.5 Å². The van der Waals surface area contributed by atoms with E-state index in [0.717, 1.165) is 6.42 Å². The number of hydrogen-bond acceptors (Lipinski definition) is 4. The number of carbonyl (C=O) groups is 3. The molecule has 3 rings (SSSR count). The van der Waals surface area contributed by atoms with E-state index in [0.29, 0.717) is 40.6 Å². The van der Waals surface area contributed by atoms with Gasteiger partial charge in [-0.25, -0.2) is 0 Å². The third-order valence-corrected chi connectivity index (χ3v) is 4.74. The summed E-state index contributed by atoms with van der Waals surface area (Å²) in [5.74, 6) is -0.967. The minimum absolute atomic E-state index is 0.0548. The summed E-state index contributed by atoms with van der Waals surface area (Å²) in [6.07, 6.45) is 1.07. The average molecular weight is 430 g/mol. The summed E-state index contributed by atoms with van der Waals surface area (Å²) < 4.78 is 5.38. The molecule has 30 heavy (non-hydrogen) atoms. The fraction of sp³-hybridized carbons (Fsp3) is 0.318. The lowest BCUT2D eigenvalue weighted by molar-refractivity contribution is -0.124. The Morgan fingerprint density at radius 2 is 1.87 bits per heavy atom. The quantitative estimate of drug-likeness (QED) is 0.649. The average Bonchev–Trinajstić information content (AvgIpc) is 3.22. The molecule has 0 radical (unpaired) electrons. The van der Waals surface area contributed by atoms with Gasteiger partial charge in [0.05, 0.1) is 11.3 Å². The van der Waals surface area contributed by atoms with Crippen molar-refractivity contribution < 1.29 is 19.1 Å². The van der Waals surface area contributed by atoms with Crippen molar-refractivity contribution in [1.82, 2.24) is 5.32 Å². The van der Waals surface area contributed by atoms with Gasteiger partial charge in [0.25, 0.3) is 17.7 Å². The first-order valence-electron chi connectivity index (χ1n) is 9.78. The topological polar surface area (TPSA) is 96.5 Å². The molecule has 8 heteroatoms. The van der Waals surface area contributed by atoms with Crippen LogP contribution in [-0.2, 0) is 9.53 Å². The second-order valence-corrected chi connectivity index (χ2v) is 7.78. The van der Waals surface area contributed by atoms with Crippen LogP contribution in [0.1, 0.15) is 47.4 Å². The molecule has 7 nitrogen and oxygen atoms in total. The molecule has 158 valence electrons. The first-order chi connectivity index (χ1) is 14.3. The van der Waals surface area contributed by atoms with E-state index in [1.807, 2.05) is 13.8 Å². The van der Waals surface area contributed by atoms with Gasteiger partial charge in [0.1, 0.15) is 6.10 Å². The molecule has 0 aromatic heterocycles. The van der Waals surface area contributed by atoms with E-state index < -0.39 is 12.0 Å². The molecule has 1 heterocycles. The van der Waals surface area contributed by atoms with Crippen molar-refractivity contribution >= 4 is 40.7 Å². The van der Waals surface area contributed by atoms with E-state index in [-0.39, 0.29) is 17.9 Å². The summed E-state index contributed by atoms with van der Waals surface area (Å²) in [7, 11) is 0. The van der Waals surface area contributed by atoms with Crippen LogP contribution >= 0.6 is 11.6 Å². The molecular weight excluding hydrogens is 406 g/mol. The van der Waals surface area contributed by atoms with Gasteiger partial charge in [-0.1, -0.05) is 17.7 Å². The predicted molar refractivity (Wildman–Crippen MR) is 116 cm³/mol. The molecule has 1 unspecified atom stereocenters. The number of amides is 3. The molecule has 1 aliphatic rings. The van der Waals surface area contributed by atoms with E-state index >= 15 is 0 Å². The Morgan fingerprint density at radius 3 is 2.57 bits per heavy atom.